The van der Waals surface area contributed by atoms with Crippen molar-refractivity contribution in [3.05, 3.63) is 35.5 Å². The quantitative estimate of drug-likeness (QED) is 0.627. The second-order valence-corrected chi connectivity index (χ2v) is 3.22. The number of amides is 2. The molecule has 0 bridgehead atoms. The molecule has 0 saturated carbocycles. The van der Waals surface area contributed by atoms with E-state index in [0.717, 1.165) is 0 Å². The highest BCUT2D eigenvalue weighted by Crippen LogP contribution is 2.21. The Morgan fingerprint density at radius 2 is 1.80 bits per heavy atom. The number of nitrogens with one attached hydrogen (secondary N) is 1. The molecule has 0 atom stereocenters. The van der Waals surface area contributed by atoms with Crippen molar-refractivity contribution in [3.63, 3.8) is 0 Å². The summed E-state index contributed by atoms with van der Waals surface area (Å²) in [5.41, 5.74) is 1.05. The summed E-state index contributed by atoms with van der Waals surface area (Å²) in [4.78, 5) is 22.8. The molecule has 3 rings (SSSR count). The first-order chi connectivity index (χ1) is 7.27. The molecule has 2 aromatic rings. The zero-order valence-corrected chi connectivity index (χ0v) is 7.52. The Morgan fingerprint density at radius 3 is 2.67 bits per heavy atom. The normalized spacial score (nSPS) is 14.1. The summed E-state index contributed by atoms with van der Waals surface area (Å²) in [6.45, 7) is 0. The number of rotatable bonds is 0. The first-order valence-corrected chi connectivity index (χ1v) is 4.38. The van der Waals surface area contributed by atoms with E-state index in [-0.39, 0.29) is 5.69 Å². The molecule has 1 aliphatic rings. The van der Waals surface area contributed by atoms with Gasteiger partial charge in [-0.1, -0.05) is 18.2 Å². The van der Waals surface area contributed by atoms with Crippen LogP contribution in [0.5, 0.6) is 0 Å². The molecule has 2 amide bonds. The summed E-state index contributed by atoms with van der Waals surface area (Å²) in [5.74, 6) is -0.880. The monoisotopic (exact) mass is 199 g/mol. The largest absolute Gasteiger partial charge is 0.287 e. The topological polar surface area (TPSA) is 72.0 Å². The Bertz CT molecular complexity index is 607. The molecule has 5 heteroatoms. The highest BCUT2D eigenvalue weighted by Gasteiger charge is 2.30. The minimum atomic E-state index is -0.478. The fourth-order valence-electron chi connectivity index (χ4n) is 1.67. The lowest BCUT2D eigenvalue weighted by atomic mass is 10.1. The first kappa shape index (κ1) is 8.05. The van der Waals surface area contributed by atoms with Gasteiger partial charge in [0.1, 0.15) is 0 Å². The summed E-state index contributed by atoms with van der Waals surface area (Å²) in [6.07, 6.45) is 0. The van der Waals surface area contributed by atoms with Gasteiger partial charge in [-0.25, -0.2) is 0 Å². The third kappa shape index (κ3) is 0.969. The van der Waals surface area contributed by atoms with Crippen molar-refractivity contribution >= 4 is 22.7 Å². The Balaban J connectivity index is 2.49. The number of nitrogens with zero attached hydrogens (tertiary/aromatic N) is 2. The van der Waals surface area contributed by atoms with Crippen molar-refractivity contribution in [2.24, 2.45) is 0 Å². The number of aromatic nitrogens is 2. The van der Waals surface area contributed by atoms with E-state index < -0.39 is 11.8 Å². The van der Waals surface area contributed by atoms with Crippen LogP contribution >= 0.6 is 0 Å². The van der Waals surface area contributed by atoms with Gasteiger partial charge < -0.3 is 0 Å². The fourth-order valence-corrected chi connectivity index (χ4v) is 1.67. The standard InChI is InChI=1S/C10H5N3O2/c14-9-7-5-3-1-2-4-6(5)12-13-8(7)10(15)11-9/h1-4H,(H,11,14,15). The van der Waals surface area contributed by atoms with Crippen LogP contribution in [-0.4, -0.2) is 22.0 Å². The maximum absolute atomic E-state index is 11.5. The second-order valence-electron chi connectivity index (χ2n) is 3.22. The van der Waals surface area contributed by atoms with E-state index in [2.05, 4.69) is 15.5 Å². The van der Waals surface area contributed by atoms with Crippen molar-refractivity contribution in [2.45, 2.75) is 0 Å². The molecule has 1 aromatic carbocycles. The minimum absolute atomic E-state index is 0.110. The van der Waals surface area contributed by atoms with Crippen LogP contribution in [0.2, 0.25) is 0 Å². The second kappa shape index (κ2) is 2.60. The fraction of sp³-hybridized carbons (Fsp3) is 0. The van der Waals surface area contributed by atoms with Crippen molar-refractivity contribution in [1.29, 1.82) is 0 Å². The maximum Gasteiger partial charge on any atom is 0.279 e. The molecule has 0 saturated heterocycles. The highest BCUT2D eigenvalue weighted by atomic mass is 16.2. The number of fused-ring (bicyclic) bond motifs is 3. The smallest absolute Gasteiger partial charge is 0.279 e. The van der Waals surface area contributed by atoms with Crippen molar-refractivity contribution < 1.29 is 9.59 Å². The highest BCUT2D eigenvalue weighted by molar-refractivity contribution is 6.25. The first-order valence-electron chi connectivity index (χ1n) is 4.38. The number of hydrogen-bond donors (Lipinski definition) is 1. The average Bonchev–Trinajstić information content (AvgIpc) is 2.55. The predicted octanol–water partition coefficient (Wildman–Crippen LogP) is 0.513. The van der Waals surface area contributed by atoms with Crippen LogP contribution in [0.25, 0.3) is 10.9 Å². The average molecular weight is 199 g/mol. The molecule has 1 aromatic heterocycles. The molecule has 72 valence electrons. The summed E-state index contributed by atoms with van der Waals surface area (Å²) in [7, 11) is 0. The van der Waals surface area contributed by atoms with Gasteiger partial charge in [-0.2, -0.15) is 0 Å². The van der Waals surface area contributed by atoms with Gasteiger partial charge in [0.25, 0.3) is 11.8 Å². The molecule has 0 radical (unpaired) electrons. The van der Waals surface area contributed by atoms with E-state index in [1.807, 2.05) is 0 Å². The lowest BCUT2D eigenvalue weighted by Gasteiger charge is -1.98. The zero-order chi connectivity index (χ0) is 10.4. The van der Waals surface area contributed by atoms with Crippen LogP contribution in [0, 0.1) is 0 Å². The molecule has 1 N–H and O–H groups in total. The van der Waals surface area contributed by atoms with Gasteiger partial charge in [0.05, 0.1) is 11.1 Å². The third-order valence-corrected chi connectivity index (χ3v) is 2.34. The van der Waals surface area contributed by atoms with Crippen LogP contribution in [-0.2, 0) is 0 Å². The van der Waals surface area contributed by atoms with Crippen LogP contribution in [0.15, 0.2) is 24.3 Å². The summed E-state index contributed by atoms with van der Waals surface area (Å²) < 4.78 is 0. The molecule has 2 heterocycles. The predicted molar refractivity (Wildman–Crippen MR) is 51.3 cm³/mol. The van der Waals surface area contributed by atoms with Gasteiger partial charge in [-0.3, -0.25) is 14.9 Å². The van der Waals surface area contributed by atoms with Gasteiger partial charge >= 0.3 is 0 Å². The Kier molecular flexibility index (Phi) is 1.39. The molecule has 0 unspecified atom stereocenters. The molecule has 0 aliphatic carbocycles. The van der Waals surface area contributed by atoms with Crippen molar-refractivity contribution in [2.75, 3.05) is 0 Å². The van der Waals surface area contributed by atoms with Crippen molar-refractivity contribution in [3.8, 4) is 0 Å². The van der Waals surface area contributed by atoms with E-state index >= 15 is 0 Å². The van der Waals surface area contributed by atoms with E-state index in [9.17, 15) is 9.59 Å². The number of carbonyl (C=O) groups excluding carboxylic acids is 2. The van der Waals surface area contributed by atoms with E-state index in [1.54, 1.807) is 24.3 Å². The van der Waals surface area contributed by atoms with Gasteiger partial charge in [0, 0.05) is 5.39 Å². The Labute approximate surface area is 84.1 Å². The van der Waals surface area contributed by atoms with Gasteiger partial charge in [0.2, 0.25) is 0 Å². The lowest BCUT2D eigenvalue weighted by molar-refractivity contribution is 0.0878. The van der Waals surface area contributed by atoms with Gasteiger partial charge in [-0.05, 0) is 6.07 Å². The molecule has 0 spiro atoms. The lowest BCUT2D eigenvalue weighted by Crippen LogP contribution is -2.20. The molecule has 1 aliphatic heterocycles. The van der Waals surface area contributed by atoms with Crippen LogP contribution in [0.1, 0.15) is 20.8 Å². The summed E-state index contributed by atoms with van der Waals surface area (Å²) in [5, 5.41) is 10.5. The zero-order valence-electron chi connectivity index (χ0n) is 7.52. The Morgan fingerprint density at radius 1 is 1.00 bits per heavy atom. The van der Waals surface area contributed by atoms with Gasteiger partial charge in [-0.15, -0.1) is 10.2 Å². The maximum atomic E-state index is 11.5. The van der Waals surface area contributed by atoms with E-state index in [0.29, 0.717) is 16.5 Å². The number of benzene rings is 1. The van der Waals surface area contributed by atoms with Crippen LogP contribution in [0.4, 0.5) is 0 Å². The number of hydrogen-bond acceptors (Lipinski definition) is 4. The molecule has 0 fully saturated rings. The van der Waals surface area contributed by atoms with Crippen LogP contribution in [0.3, 0.4) is 0 Å². The van der Waals surface area contributed by atoms with Crippen molar-refractivity contribution in [1.82, 2.24) is 15.5 Å². The van der Waals surface area contributed by atoms with Crippen LogP contribution < -0.4 is 5.32 Å². The SMILES string of the molecule is O=C1NC(=O)c2c1nnc1ccccc21. The molecular weight excluding hydrogens is 194 g/mol. The number of carbonyl (C=O) groups is 2. The third-order valence-electron chi connectivity index (χ3n) is 2.34. The molecule has 5 nitrogen and oxygen atoms in total. The summed E-state index contributed by atoms with van der Waals surface area (Å²) in [6, 6.07) is 7.10. The number of imide groups is 1. The molecular formula is C10H5N3O2. The van der Waals surface area contributed by atoms with E-state index in [1.165, 1.54) is 0 Å². The Hall–Kier alpha value is -2.30. The van der Waals surface area contributed by atoms with Gasteiger partial charge in [0.15, 0.2) is 5.69 Å². The summed E-state index contributed by atoms with van der Waals surface area (Å²) >= 11 is 0. The minimum Gasteiger partial charge on any atom is -0.287 e. The molecule has 15 heavy (non-hydrogen) atoms. The van der Waals surface area contributed by atoms with E-state index in [4.69, 9.17) is 0 Å².